The molecule has 1 aromatic heterocycles. The van der Waals surface area contributed by atoms with Crippen molar-refractivity contribution < 1.29 is 0 Å². The minimum Gasteiger partial charge on any atom is -0.330 e. The van der Waals surface area contributed by atoms with Crippen LogP contribution < -0.4 is 5.73 Å². The largest absolute Gasteiger partial charge is 0.330 e. The number of hydrogen-bond acceptors (Lipinski definition) is 2. The molecular formula is C15H27N3. The molecule has 18 heavy (non-hydrogen) atoms. The Bertz CT molecular complexity index is 356. The van der Waals surface area contributed by atoms with E-state index in [1.807, 2.05) is 0 Å². The van der Waals surface area contributed by atoms with Crippen molar-refractivity contribution >= 4 is 0 Å². The third-order valence-corrected chi connectivity index (χ3v) is 4.28. The van der Waals surface area contributed by atoms with Gasteiger partial charge in [0, 0.05) is 12.2 Å². The van der Waals surface area contributed by atoms with Crippen LogP contribution in [0.1, 0.15) is 57.7 Å². The van der Waals surface area contributed by atoms with Crippen LogP contribution in [0, 0.1) is 11.8 Å². The van der Waals surface area contributed by atoms with Gasteiger partial charge in [-0.15, -0.1) is 0 Å². The molecule has 0 aromatic carbocycles. The van der Waals surface area contributed by atoms with Gasteiger partial charge in [0.05, 0.1) is 5.69 Å². The molecule has 0 amide bonds. The molecule has 1 fully saturated rings. The SMILES string of the molecule is CC(C)n1ccc(CC2CCCCCC2CN)n1. The number of rotatable bonds is 4. The van der Waals surface area contributed by atoms with Gasteiger partial charge in [-0.1, -0.05) is 19.3 Å². The zero-order chi connectivity index (χ0) is 13.0. The van der Waals surface area contributed by atoms with Crippen LogP contribution in [0.2, 0.25) is 0 Å². The van der Waals surface area contributed by atoms with Crippen LogP contribution in [0.3, 0.4) is 0 Å². The van der Waals surface area contributed by atoms with Crippen LogP contribution in [-0.4, -0.2) is 16.3 Å². The van der Waals surface area contributed by atoms with Gasteiger partial charge >= 0.3 is 0 Å². The van der Waals surface area contributed by atoms with Crippen LogP contribution in [0.25, 0.3) is 0 Å². The van der Waals surface area contributed by atoms with E-state index >= 15 is 0 Å². The van der Waals surface area contributed by atoms with E-state index in [0.29, 0.717) is 12.0 Å². The Morgan fingerprint density at radius 1 is 1.28 bits per heavy atom. The van der Waals surface area contributed by atoms with Gasteiger partial charge in [-0.2, -0.15) is 5.10 Å². The zero-order valence-electron chi connectivity index (χ0n) is 11.8. The molecule has 0 bridgehead atoms. The van der Waals surface area contributed by atoms with Crippen LogP contribution in [0.15, 0.2) is 12.3 Å². The van der Waals surface area contributed by atoms with Gasteiger partial charge in [0.15, 0.2) is 0 Å². The van der Waals surface area contributed by atoms with Crippen molar-refractivity contribution in [1.29, 1.82) is 0 Å². The summed E-state index contributed by atoms with van der Waals surface area (Å²) in [5, 5.41) is 4.68. The van der Waals surface area contributed by atoms with Gasteiger partial charge in [-0.05, 0) is 57.6 Å². The lowest BCUT2D eigenvalue weighted by Crippen LogP contribution is -2.24. The topological polar surface area (TPSA) is 43.8 Å². The summed E-state index contributed by atoms with van der Waals surface area (Å²) < 4.78 is 2.06. The summed E-state index contributed by atoms with van der Waals surface area (Å²) in [5.74, 6) is 1.45. The molecule has 1 aliphatic carbocycles. The van der Waals surface area contributed by atoms with E-state index in [9.17, 15) is 0 Å². The van der Waals surface area contributed by atoms with Crippen molar-refractivity contribution in [2.75, 3.05) is 6.54 Å². The van der Waals surface area contributed by atoms with Gasteiger partial charge in [0.2, 0.25) is 0 Å². The van der Waals surface area contributed by atoms with E-state index in [0.717, 1.165) is 18.9 Å². The normalized spacial score (nSPS) is 25.3. The van der Waals surface area contributed by atoms with Crippen LogP contribution in [0.4, 0.5) is 0 Å². The Hall–Kier alpha value is -0.830. The molecule has 2 N–H and O–H groups in total. The maximum Gasteiger partial charge on any atom is 0.0627 e. The molecule has 1 heterocycles. The van der Waals surface area contributed by atoms with Gasteiger partial charge in [0.25, 0.3) is 0 Å². The third-order valence-electron chi connectivity index (χ3n) is 4.28. The number of hydrogen-bond donors (Lipinski definition) is 1. The molecule has 0 radical (unpaired) electrons. The Morgan fingerprint density at radius 2 is 2.00 bits per heavy atom. The fourth-order valence-corrected chi connectivity index (χ4v) is 3.08. The summed E-state index contributed by atoms with van der Waals surface area (Å²) in [7, 11) is 0. The van der Waals surface area contributed by atoms with E-state index in [1.54, 1.807) is 0 Å². The van der Waals surface area contributed by atoms with E-state index in [2.05, 4.69) is 35.9 Å². The molecule has 0 aliphatic heterocycles. The van der Waals surface area contributed by atoms with Gasteiger partial charge < -0.3 is 5.73 Å². The van der Waals surface area contributed by atoms with Crippen molar-refractivity contribution in [2.24, 2.45) is 17.6 Å². The van der Waals surface area contributed by atoms with Crippen molar-refractivity contribution in [3.8, 4) is 0 Å². The molecule has 2 rings (SSSR count). The molecule has 3 heteroatoms. The first-order valence-corrected chi connectivity index (χ1v) is 7.44. The summed E-state index contributed by atoms with van der Waals surface area (Å²) in [5.41, 5.74) is 7.19. The first-order valence-electron chi connectivity index (χ1n) is 7.44. The molecule has 2 unspecified atom stereocenters. The van der Waals surface area contributed by atoms with E-state index < -0.39 is 0 Å². The highest BCUT2D eigenvalue weighted by Gasteiger charge is 2.23. The second-order valence-electron chi connectivity index (χ2n) is 5.98. The minimum absolute atomic E-state index is 0.457. The van der Waals surface area contributed by atoms with Crippen LogP contribution in [-0.2, 0) is 6.42 Å². The molecule has 0 spiro atoms. The lowest BCUT2D eigenvalue weighted by atomic mass is 9.84. The van der Waals surface area contributed by atoms with Crippen LogP contribution in [0.5, 0.6) is 0 Å². The first kappa shape index (κ1) is 13.6. The summed E-state index contributed by atoms with van der Waals surface area (Å²) in [6.07, 6.45) is 9.97. The summed E-state index contributed by atoms with van der Waals surface area (Å²) in [6.45, 7) is 5.19. The van der Waals surface area contributed by atoms with E-state index in [4.69, 9.17) is 5.73 Å². The van der Waals surface area contributed by atoms with Crippen molar-refractivity contribution in [2.45, 2.75) is 58.4 Å². The van der Waals surface area contributed by atoms with E-state index in [1.165, 1.54) is 37.8 Å². The van der Waals surface area contributed by atoms with Crippen LogP contribution >= 0.6 is 0 Å². The zero-order valence-corrected chi connectivity index (χ0v) is 11.8. The van der Waals surface area contributed by atoms with Crippen molar-refractivity contribution in [3.05, 3.63) is 18.0 Å². The Kier molecular flexibility index (Phi) is 4.81. The Balaban J connectivity index is 2.00. The fourth-order valence-electron chi connectivity index (χ4n) is 3.08. The monoisotopic (exact) mass is 249 g/mol. The molecule has 3 nitrogen and oxygen atoms in total. The third kappa shape index (κ3) is 3.35. The summed E-state index contributed by atoms with van der Waals surface area (Å²) in [6, 6.07) is 2.64. The summed E-state index contributed by atoms with van der Waals surface area (Å²) >= 11 is 0. The predicted molar refractivity (Wildman–Crippen MR) is 75.4 cm³/mol. The molecular weight excluding hydrogens is 222 g/mol. The minimum atomic E-state index is 0.457. The second-order valence-corrected chi connectivity index (χ2v) is 5.98. The molecule has 1 saturated carbocycles. The Labute approximate surface area is 111 Å². The maximum atomic E-state index is 5.94. The highest BCUT2D eigenvalue weighted by Crippen LogP contribution is 2.30. The quantitative estimate of drug-likeness (QED) is 0.833. The van der Waals surface area contributed by atoms with Crippen molar-refractivity contribution in [1.82, 2.24) is 9.78 Å². The standard InChI is InChI=1S/C15H27N3/c1-12(2)18-9-8-15(17-18)10-13-6-4-3-5-7-14(13)11-16/h8-9,12-14H,3-7,10-11,16H2,1-2H3. The van der Waals surface area contributed by atoms with Gasteiger partial charge in [-0.3, -0.25) is 4.68 Å². The molecule has 1 aromatic rings. The average molecular weight is 249 g/mol. The predicted octanol–water partition coefficient (Wildman–Crippen LogP) is 3.16. The van der Waals surface area contributed by atoms with Gasteiger partial charge in [-0.25, -0.2) is 0 Å². The number of nitrogens with two attached hydrogens (primary N) is 1. The number of nitrogens with zero attached hydrogens (tertiary/aromatic N) is 2. The molecule has 0 saturated heterocycles. The fraction of sp³-hybridized carbons (Fsp3) is 0.800. The van der Waals surface area contributed by atoms with Crippen molar-refractivity contribution in [3.63, 3.8) is 0 Å². The molecule has 102 valence electrons. The average Bonchev–Trinajstić information content (AvgIpc) is 2.70. The van der Waals surface area contributed by atoms with Gasteiger partial charge in [0.1, 0.15) is 0 Å². The Morgan fingerprint density at radius 3 is 2.61 bits per heavy atom. The number of aromatic nitrogens is 2. The highest BCUT2D eigenvalue weighted by atomic mass is 15.3. The smallest absolute Gasteiger partial charge is 0.0627 e. The lowest BCUT2D eigenvalue weighted by Gasteiger charge is -2.22. The molecule has 1 aliphatic rings. The first-order chi connectivity index (χ1) is 8.70. The second kappa shape index (κ2) is 6.37. The highest BCUT2D eigenvalue weighted by molar-refractivity contribution is 5.01. The van der Waals surface area contributed by atoms with E-state index in [-0.39, 0.29) is 0 Å². The lowest BCUT2D eigenvalue weighted by molar-refractivity contribution is 0.314. The maximum absolute atomic E-state index is 5.94. The summed E-state index contributed by atoms with van der Waals surface area (Å²) in [4.78, 5) is 0. The molecule has 2 atom stereocenters.